The predicted molar refractivity (Wildman–Crippen MR) is 88.3 cm³/mol. The zero-order chi connectivity index (χ0) is 15.9. The van der Waals surface area contributed by atoms with Crippen LogP contribution >= 0.6 is 0 Å². The molecule has 0 spiro atoms. The molecule has 118 valence electrons. The third-order valence-electron chi connectivity index (χ3n) is 3.22. The normalized spacial score (nSPS) is 11.4. The summed E-state index contributed by atoms with van der Waals surface area (Å²) >= 11 is 0. The summed E-state index contributed by atoms with van der Waals surface area (Å²) in [4.78, 5) is 11.9. The van der Waals surface area contributed by atoms with Gasteiger partial charge in [-0.3, -0.25) is 4.79 Å². The molecule has 0 aliphatic carbocycles. The number of anilines is 2. The lowest BCUT2D eigenvalue weighted by Crippen LogP contribution is -2.14. The Kier molecular flexibility index (Phi) is 6.69. The van der Waals surface area contributed by atoms with Crippen molar-refractivity contribution in [2.75, 3.05) is 24.3 Å². The van der Waals surface area contributed by atoms with Crippen molar-refractivity contribution in [1.82, 2.24) is 0 Å². The number of hydrogen-bond acceptors (Lipinski definition) is 3. The van der Waals surface area contributed by atoms with E-state index in [9.17, 15) is 4.79 Å². The van der Waals surface area contributed by atoms with E-state index >= 15 is 0 Å². The van der Waals surface area contributed by atoms with Crippen molar-refractivity contribution in [3.8, 4) is 0 Å². The minimum Gasteiger partial charge on any atom is -0.399 e. The molecule has 1 rings (SSSR count). The van der Waals surface area contributed by atoms with Crippen molar-refractivity contribution in [2.24, 2.45) is 5.41 Å². The topological polar surface area (TPSA) is 64.3 Å². The molecule has 0 aliphatic rings. The van der Waals surface area contributed by atoms with Crippen molar-refractivity contribution in [3.05, 3.63) is 23.8 Å². The number of benzene rings is 1. The summed E-state index contributed by atoms with van der Waals surface area (Å²) in [6.45, 7) is 9.90. The highest BCUT2D eigenvalue weighted by Gasteiger charge is 2.09. The Morgan fingerprint density at radius 3 is 2.67 bits per heavy atom. The lowest BCUT2D eigenvalue weighted by atomic mass is 9.93. The summed E-state index contributed by atoms with van der Waals surface area (Å²) < 4.78 is 5.55. The van der Waals surface area contributed by atoms with Gasteiger partial charge in [-0.2, -0.15) is 0 Å². The van der Waals surface area contributed by atoms with Gasteiger partial charge in [-0.1, -0.05) is 26.8 Å². The van der Waals surface area contributed by atoms with Gasteiger partial charge in [0, 0.05) is 31.0 Å². The molecule has 0 aromatic heterocycles. The van der Waals surface area contributed by atoms with E-state index in [0.717, 1.165) is 30.7 Å². The molecule has 0 bridgehead atoms. The first kappa shape index (κ1) is 17.5. The Morgan fingerprint density at radius 2 is 2.00 bits per heavy atom. The van der Waals surface area contributed by atoms with Gasteiger partial charge in [0.25, 0.3) is 0 Å². The summed E-state index contributed by atoms with van der Waals surface area (Å²) in [5.41, 5.74) is 8.47. The van der Waals surface area contributed by atoms with E-state index in [1.54, 1.807) is 6.07 Å². The minimum absolute atomic E-state index is 0.00289. The number of nitrogens with one attached hydrogen (secondary N) is 1. The SMILES string of the molecule is Cc1ccc(N)cc1NC(=O)CCCOCCC(C)(C)C. The minimum atomic E-state index is 0.00289. The molecular formula is C17H28N2O2. The molecule has 0 unspecified atom stereocenters. The van der Waals surface area contributed by atoms with Crippen LogP contribution in [0.2, 0.25) is 0 Å². The molecule has 0 aliphatic heterocycles. The summed E-state index contributed by atoms with van der Waals surface area (Å²) in [7, 11) is 0. The number of amides is 1. The van der Waals surface area contributed by atoms with Crippen LogP contribution in [0.3, 0.4) is 0 Å². The average molecular weight is 292 g/mol. The number of carbonyl (C=O) groups is 1. The van der Waals surface area contributed by atoms with Crippen molar-refractivity contribution >= 4 is 17.3 Å². The van der Waals surface area contributed by atoms with E-state index in [1.807, 2.05) is 19.1 Å². The zero-order valence-corrected chi connectivity index (χ0v) is 13.7. The van der Waals surface area contributed by atoms with Crippen molar-refractivity contribution in [2.45, 2.75) is 47.0 Å². The summed E-state index contributed by atoms with van der Waals surface area (Å²) in [6, 6.07) is 5.52. The van der Waals surface area contributed by atoms with Crippen molar-refractivity contribution in [3.63, 3.8) is 0 Å². The van der Waals surface area contributed by atoms with Crippen LogP contribution in [0, 0.1) is 12.3 Å². The van der Waals surface area contributed by atoms with Gasteiger partial charge < -0.3 is 15.8 Å². The summed E-state index contributed by atoms with van der Waals surface area (Å²) in [5, 5.41) is 2.89. The third kappa shape index (κ3) is 7.71. The highest BCUT2D eigenvalue weighted by Crippen LogP contribution is 2.19. The van der Waals surface area contributed by atoms with Crippen molar-refractivity contribution < 1.29 is 9.53 Å². The Hall–Kier alpha value is -1.55. The van der Waals surface area contributed by atoms with Crippen molar-refractivity contribution in [1.29, 1.82) is 0 Å². The monoisotopic (exact) mass is 292 g/mol. The molecule has 1 aromatic rings. The maximum absolute atomic E-state index is 11.9. The van der Waals surface area contributed by atoms with E-state index < -0.39 is 0 Å². The second-order valence-corrected chi connectivity index (χ2v) is 6.65. The number of ether oxygens (including phenoxy) is 1. The fraction of sp³-hybridized carbons (Fsp3) is 0.588. The van der Waals surface area contributed by atoms with Crippen LogP contribution in [0.4, 0.5) is 11.4 Å². The molecule has 0 saturated heterocycles. The van der Waals surface area contributed by atoms with Crippen LogP contribution in [-0.4, -0.2) is 19.1 Å². The van der Waals surface area contributed by atoms with Gasteiger partial charge in [0.1, 0.15) is 0 Å². The van der Waals surface area contributed by atoms with E-state index in [-0.39, 0.29) is 5.91 Å². The molecule has 0 saturated carbocycles. The van der Waals surface area contributed by atoms with Crippen LogP contribution in [0.25, 0.3) is 0 Å². The lowest BCUT2D eigenvalue weighted by Gasteiger charge is -2.17. The van der Waals surface area contributed by atoms with Gasteiger partial charge in [0.15, 0.2) is 0 Å². The largest absolute Gasteiger partial charge is 0.399 e. The van der Waals surface area contributed by atoms with Gasteiger partial charge in [-0.15, -0.1) is 0 Å². The molecule has 0 fully saturated rings. The second kappa shape index (κ2) is 8.03. The fourth-order valence-corrected chi connectivity index (χ4v) is 1.80. The molecule has 1 amide bonds. The molecule has 0 atom stereocenters. The molecule has 0 heterocycles. The number of hydrogen-bond donors (Lipinski definition) is 2. The summed E-state index contributed by atoms with van der Waals surface area (Å²) in [6.07, 6.45) is 2.22. The molecule has 4 nitrogen and oxygen atoms in total. The zero-order valence-electron chi connectivity index (χ0n) is 13.7. The number of rotatable bonds is 7. The fourth-order valence-electron chi connectivity index (χ4n) is 1.80. The summed E-state index contributed by atoms with van der Waals surface area (Å²) in [5.74, 6) is 0.00289. The third-order valence-corrected chi connectivity index (χ3v) is 3.22. The van der Waals surface area contributed by atoms with Crippen LogP contribution in [0.1, 0.15) is 45.6 Å². The number of aryl methyl sites for hydroxylation is 1. The quantitative estimate of drug-likeness (QED) is 0.594. The van der Waals surface area contributed by atoms with E-state index in [4.69, 9.17) is 10.5 Å². The Bertz CT molecular complexity index is 464. The van der Waals surface area contributed by atoms with Gasteiger partial charge in [0.2, 0.25) is 5.91 Å². The number of carbonyl (C=O) groups excluding carboxylic acids is 1. The van der Waals surface area contributed by atoms with Gasteiger partial charge in [0.05, 0.1) is 0 Å². The first-order valence-corrected chi connectivity index (χ1v) is 7.52. The maximum Gasteiger partial charge on any atom is 0.224 e. The van der Waals surface area contributed by atoms with Crippen LogP contribution in [-0.2, 0) is 9.53 Å². The first-order chi connectivity index (χ1) is 9.78. The lowest BCUT2D eigenvalue weighted by molar-refractivity contribution is -0.116. The smallest absolute Gasteiger partial charge is 0.224 e. The standard InChI is InChI=1S/C17H28N2O2/c1-13-7-8-14(18)12-15(13)19-16(20)6-5-10-21-11-9-17(2,3)4/h7-8,12H,5-6,9-11,18H2,1-4H3,(H,19,20). The van der Waals surface area contributed by atoms with E-state index in [2.05, 4.69) is 26.1 Å². The van der Waals surface area contributed by atoms with E-state index in [0.29, 0.717) is 24.1 Å². The molecule has 21 heavy (non-hydrogen) atoms. The van der Waals surface area contributed by atoms with Gasteiger partial charge >= 0.3 is 0 Å². The molecule has 4 heteroatoms. The van der Waals surface area contributed by atoms with Gasteiger partial charge in [-0.05, 0) is 42.9 Å². The molecule has 0 radical (unpaired) electrons. The predicted octanol–water partition coefficient (Wildman–Crippen LogP) is 3.75. The van der Waals surface area contributed by atoms with Crippen LogP contribution < -0.4 is 11.1 Å². The number of nitrogens with two attached hydrogens (primary N) is 1. The molecular weight excluding hydrogens is 264 g/mol. The Morgan fingerprint density at radius 1 is 1.29 bits per heavy atom. The first-order valence-electron chi connectivity index (χ1n) is 7.52. The Labute approximate surface area is 128 Å². The number of nitrogen functional groups attached to an aromatic ring is 1. The average Bonchev–Trinajstić information content (AvgIpc) is 2.37. The highest BCUT2D eigenvalue weighted by molar-refractivity contribution is 5.91. The highest BCUT2D eigenvalue weighted by atomic mass is 16.5. The Balaban J connectivity index is 2.21. The van der Waals surface area contributed by atoms with Gasteiger partial charge in [-0.25, -0.2) is 0 Å². The maximum atomic E-state index is 11.9. The van der Waals surface area contributed by atoms with Crippen LogP contribution in [0.15, 0.2) is 18.2 Å². The molecule has 3 N–H and O–H groups in total. The second-order valence-electron chi connectivity index (χ2n) is 6.65. The van der Waals surface area contributed by atoms with E-state index in [1.165, 1.54) is 0 Å². The molecule has 1 aromatic carbocycles. The van der Waals surface area contributed by atoms with Crippen LogP contribution in [0.5, 0.6) is 0 Å².